The van der Waals surface area contributed by atoms with Crippen LogP contribution in [0.4, 0.5) is 0 Å². The van der Waals surface area contributed by atoms with Gasteiger partial charge in [0.25, 0.3) is 0 Å². The molecule has 5 heteroatoms. The molecule has 1 aromatic heterocycles. The van der Waals surface area contributed by atoms with Gasteiger partial charge in [0.15, 0.2) is 0 Å². The Balaban J connectivity index is 2.40. The van der Waals surface area contributed by atoms with E-state index in [1.165, 1.54) is 11.8 Å². The number of carboxylic acids is 1. The molecule has 0 bridgehead atoms. The standard InChI is InChI=1S/C13H13BrN2O2/c1-8(2)9-3-5-10(6-4-9)16-12(14)11(7-15-16)13(17)18/h3-8H,1-2H3,(H,17,18). The number of halogens is 1. The summed E-state index contributed by atoms with van der Waals surface area (Å²) in [4.78, 5) is 10.9. The van der Waals surface area contributed by atoms with Crippen LogP contribution in [-0.2, 0) is 0 Å². The number of carbonyl (C=O) groups is 1. The Hall–Kier alpha value is -1.62. The lowest BCUT2D eigenvalue weighted by molar-refractivity contribution is 0.0696. The topological polar surface area (TPSA) is 55.1 Å². The molecule has 0 radical (unpaired) electrons. The highest BCUT2D eigenvalue weighted by Crippen LogP contribution is 2.22. The van der Waals surface area contributed by atoms with Crippen LogP contribution in [0.15, 0.2) is 35.1 Å². The second-order valence-electron chi connectivity index (χ2n) is 4.31. The summed E-state index contributed by atoms with van der Waals surface area (Å²) in [7, 11) is 0. The predicted molar refractivity (Wildman–Crippen MR) is 72.3 cm³/mol. The summed E-state index contributed by atoms with van der Waals surface area (Å²) < 4.78 is 2.01. The molecule has 18 heavy (non-hydrogen) atoms. The Kier molecular flexibility index (Phi) is 3.52. The molecule has 0 spiro atoms. The van der Waals surface area contributed by atoms with Gasteiger partial charge in [0.1, 0.15) is 10.2 Å². The van der Waals surface area contributed by atoms with Crippen molar-refractivity contribution in [1.29, 1.82) is 0 Å². The molecular formula is C13H13BrN2O2. The van der Waals surface area contributed by atoms with Gasteiger partial charge in [-0.25, -0.2) is 9.48 Å². The first kappa shape index (κ1) is 12.8. The van der Waals surface area contributed by atoms with Crippen molar-refractivity contribution in [2.24, 2.45) is 0 Å². The highest BCUT2D eigenvalue weighted by molar-refractivity contribution is 9.10. The molecule has 0 aliphatic rings. The summed E-state index contributed by atoms with van der Waals surface area (Å²) in [5, 5.41) is 13.0. The van der Waals surface area contributed by atoms with Crippen molar-refractivity contribution >= 4 is 21.9 Å². The predicted octanol–water partition coefficient (Wildman–Crippen LogP) is 3.46. The van der Waals surface area contributed by atoms with Crippen molar-refractivity contribution in [2.75, 3.05) is 0 Å². The minimum atomic E-state index is -0.994. The largest absolute Gasteiger partial charge is 0.478 e. The molecule has 0 unspecified atom stereocenters. The number of nitrogens with zero attached hydrogens (tertiary/aromatic N) is 2. The maximum atomic E-state index is 10.9. The van der Waals surface area contributed by atoms with E-state index in [0.717, 1.165) is 5.69 Å². The summed E-state index contributed by atoms with van der Waals surface area (Å²) in [5.74, 6) is -0.526. The molecule has 1 aromatic carbocycles. The number of aromatic carboxylic acids is 1. The van der Waals surface area contributed by atoms with Crippen molar-refractivity contribution in [2.45, 2.75) is 19.8 Å². The summed E-state index contributed by atoms with van der Waals surface area (Å²) in [5.41, 5.74) is 2.22. The van der Waals surface area contributed by atoms with Crippen molar-refractivity contribution in [3.8, 4) is 5.69 Å². The van der Waals surface area contributed by atoms with E-state index < -0.39 is 5.97 Å². The van der Waals surface area contributed by atoms with Gasteiger partial charge in [0.2, 0.25) is 0 Å². The molecule has 0 fully saturated rings. The van der Waals surface area contributed by atoms with E-state index in [-0.39, 0.29) is 5.56 Å². The van der Waals surface area contributed by atoms with Crippen molar-refractivity contribution in [3.63, 3.8) is 0 Å². The van der Waals surface area contributed by atoms with E-state index in [1.54, 1.807) is 4.68 Å². The van der Waals surface area contributed by atoms with Gasteiger partial charge in [-0.2, -0.15) is 5.10 Å². The van der Waals surface area contributed by atoms with Gasteiger partial charge in [0.05, 0.1) is 11.9 Å². The number of aromatic nitrogens is 2. The van der Waals surface area contributed by atoms with Crippen LogP contribution in [0.1, 0.15) is 35.7 Å². The molecule has 4 nitrogen and oxygen atoms in total. The Morgan fingerprint density at radius 3 is 2.39 bits per heavy atom. The smallest absolute Gasteiger partial charge is 0.340 e. The van der Waals surface area contributed by atoms with E-state index in [0.29, 0.717) is 10.5 Å². The molecule has 1 N–H and O–H groups in total. The first-order valence-corrected chi connectivity index (χ1v) is 6.37. The van der Waals surface area contributed by atoms with Crippen LogP contribution >= 0.6 is 15.9 Å². The first-order chi connectivity index (χ1) is 8.50. The number of rotatable bonds is 3. The monoisotopic (exact) mass is 308 g/mol. The minimum absolute atomic E-state index is 0.155. The fourth-order valence-electron chi connectivity index (χ4n) is 1.66. The average Bonchev–Trinajstić information content (AvgIpc) is 2.71. The van der Waals surface area contributed by atoms with E-state index in [9.17, 15) is 4.79 Å². The van der Waals surface area contributed by atoms with Crippen LogP contribution in [0, 0.1) is 0 Å². The first-order valence-electron chi connectivity index (χ1n) is 5.58. The minimum Gasteiger partial charge on any atom is -0.478 e. The van der Waals surface area contributed by atoms with E-state index >= 15 is 0 Å². The van der Waals surface area contributed by atoms with Gasteiger partial charge < -0.3 is 5.11 Å². The molecule has 1 heterocycles. The number of carboxylic acid groups (broad SMARTS) is 1. The zero-order valence-electron chi connectivity index (χ0n) is 10.1. The lowest BCUT2D eigenvalue weighted by Crippen LogP contribution is -2.00. The number of hydrogen-bond donors (Lipinski definition) is 1. The molecule has 2 rings (SSSR count). The van der Waals surface area contributed by atoms with Crippen LogP contribution in [0.25, 0.3) is 5.69 Å². The Bertz CT molecular complexity index is 573. The molecule has 0 aliphatic heterocycles. The van der Waals surface area contributed by atoms with Crippen molar-refractivity contribution in [1.82, 2.24) is 9.78 Å². The third-order valence-corrected chi connectivity index (χ3v) is 3.51. The van der Waals surface area contributed by atoms with Gasteiger partial charge in [-0.3, -0.25) is 0 Å². The van der Waals surface area contributed by atoms with Crippen LogP contribution in [0.3, 0.4) is 0 Å². The second kappa shape index (κ2) is 4.94. The Labute approximate surface area is 113 Å². The molecular weight excluding hydrogens is 296 g/mol. The van der Waals surface area contributed by atoms with Gasteiger partial charge in [-0.1, -0.05) is 26.0 Å². The fraction of sp³-hybridized carbons (Fsp3) is 0.231. The number of benzene rings is 1. The van der Waals surface area contributed by atoms with Gasteiger partial charge in [0, 0.05) is 0 Å². The molecule has 2 aromatic rings. The quantitative estimate of drug-likeness (QED) is 0.944. The zero-order chi connectivity index (χ0) is 13.3. The van der Waals surface area contributed by atoms with Crippen LogP contribution < -0.4 is 0 Å². The van der Waals surface area contributed by atoms with E-state index in [2.05, 4.69) is 34.9 Å². The van der Waals surface area contributed by atoms with Gasteiger partial charge >= 0.3 is 5.97 Å². The third-order valence-electron chi connectivity index (χ3n) is 2.75. The Morgan fingerprint density at radius 1 is 1.33 bits per heavy atom. The van der Waals surface area contributed by atoms with Crippen LogP contribution in [-0.4, -0.2) is 20.9 Å². The third kappa shape index (κ3) is 2.31. The summed E-state index contributed by atoms with van der Waals surface area (Å²) in [6.07, 6.45) is 1.34. The molecule has 0 saturated heterocycles. The second-order valence-corrected chi connectivity index (χ2v) is 5.06. The Morgan fingerprint density at radius 2 is 1.94 bits per heavy atom. The fourth-order valence-corrected chi connectivity index (χ4v) is 2.23. The highest BCUT2D eigenvalue weighted by atomic mass is 79.9. The highest BCUT2D eigenvalue weighted by Gasteiger charge is 2.15. The molecule has 94 valence electrons. The van der Waals surface area contributed by atoms with Crippen molar-refractivity contribution < 1.29 is 9.90 Å². The SMILES string of the molecule is CC(C)c1ccc(-n2ncc(C(=O)O)c2Br)cc1. The lowest BCUT2D eigenvalue weighted by Gasteiger charge is -2.07. The number of hydrogen-bond acceptors (Lipinski definition) is 2. The molecule has 0 amide bonds. The molecule has 0 saturated carbocycles. The van der Waals surface area contributed by atoms with Crippen LogP contribution in [0.2, 0.25) is 0 Å². The van der Waals surface area contributed by atoms with Crippen LogP contribution in [0.5, 0.6) is 0 Å². The summed E-state index contributed by atoms with van der Waals surface area (Å²) in [6, 6.07) is 7.90. The summed E-state index contributed by atoms with van der Waals surface area (Å²) >= 11 is 3.26. The normalized spacial score (nSPS) is 10.9. The molecule has 0 atom stereocenters. The lowest BCUT2D eigenvalue weighted by atomic mass is 10.0. The molecule has 0 aliphatic carbocycles. The maximum absolute atomic E-state index is 10.9. The van der Waals surface area contributed by atoms with E-state index in [4.69, 9.17) is 5.11 Å². The van der Waals surface area contributed by atoms with E-state index in [1.807, 2.05) is 24.3 Å². The zero-order valence-corrected chi connectivity index (χ0v) is 11.7. The maximum Gasteiger partial charge on any atom is 0.340 e. The van der Waals surface area contributed by atoms with Gasteiger partial charge in [-0.05, 0) is 39.5 Å². The average molecular weight is 309 g/mol. The van der Waals surface area contributed by atoms with Gasteiger partial charge in [-0.15, -0.1) is 0 Å². The summed E-state index contributed by atoms with van der Waals surface area (Å²) in [6.45, 7) is 4.25. The van der Waals surface area contributed by atoms with Crippen molar-refractivity contribution in [3.05, 3.63) is 46.2 Å².